The molecule has 0 aliphatic rings. The van der Waals surface area contributed by atoms with Crippen molar-refractivity contribution in [2.24, 2.45) is 7.05 Å². The summed E-state index contributed by atoms with van der Waals surface area (Å²) in [7, 11) is 1.79. The van der Waals surface area contributed by atoms with Gasteiger partial charge in [-0.15, -0.1) is 0 Å². The highest BCUT2D eigenvalue weighted by atomic mass is 16.2. The lowest BCUT2D eigenvalue weighted by Gasteiger charge is -2.09. The number of hydrogen-bond acceptors (Lipinski definition) is 5. The average Bonchev–Trinajstić information content (AvgIpc) is 2.89. The number of aryl methyl sites for hydroxylation is 2. The molecule has 0 saturated heterocycles. The van der Waals surface area contributed by atoms with Crippen molar-refractivity contribution in [2.75, 3.05) is 11.9 Å². The third kappa shape index (κ3) is 3.86. The number of aromatic nitrogens is 4. The van der Waals surface area contributed by atoms with Gasteiger partial charge in [-0.05, 0) is 26.0 Å². The highest BCUT2D eigenvalue weighted by Crippen LogP contribution is 2.17. The van der Waals surface area contributed by atoms with E-state index in [0.29, 0.717) is 22.3 Å². The quantitative estimate of drug-likeness (QED) is 0.681. The van der Waals surface area contributed by atoms with Gasteiger partial charge >= 0.3 is 0 Å². The van der Waals surface area contributed by atoms with E-state index in [1.807, 2.05) is 6.92 Å². The first kappa shape index (κ1) is 18.3. The van der Waals surface area contributed by atoms with E-state index < -0.39 is 5.91 Å². The second-order valence-electron chi connectivity index (χ2n) is 6.19. The molecule has 2 heterocycles. The van der Waals surface area contributed by atoms with Crippen LogP contribution in [0.15, 0.2) is 35.4 Å². The third-order valence-electron chi connectivity index (χ3n) is 4.27. The Morgan fingerprint density at radius 2 is 1.89 bits per heavy atom. The summed E-state index contributed by atoms with van der Waals surface area (Å²) >= 11 is 0. The Kier molecular flexibility index (Phi) is 5.02. The molecule has 1 aromatic carbocycles. The second kappa shape index (κ2) is 7.40. The molecule has 0 fully saturated rings. The third-order valence-corrected chi connectivity index (χ3v) is 4.27. The SMILES string of the molecule is Cc1nn(C)c(C)c1NC(=O)CNC(=O)Cn1cnc2ccccc2c1=O. The van der Waals surface area contributed by atoms with Crippen LogP contribution in [0.25, 0.3) is 10.9 Å². The van der Waals surface area contributed by atoms with Gasteiger partial charge < -0.3 is 10.6 Å². The van der Waals surface area contributed by atoms with Crippen LogP contribution in [-0.4, -0.2) is 37.7 Å². The molecule has 0 unspecified atom stereocenters. The summed E-state index contributed by atoms with van der Waals surface area (Å²) in [6, 6.07) is 6.91. The molecule has 2 N–H and O–H groups in total. The Hall–Kier alpha value is -3.49. The maximum Gasteiger partial charge on any atom is 0.261 e. The van der Waals surface area contributed by atoms with E-state index in [-0.39, 0.29) is 24.6 Å². The standard InChI is InChI=1S/C18H20N6O3/c1-11-17(12(2)23(3)22-11)21-15(25)8-19-16(26)9-24-10-20-14-7-5-4-6-13(14)18(24)27/h4-7,10H,8-9H2,1-3H3,(H,19,26)(H,21,25). The van der Waals surface area contributed by atoms with Crippen molar-refractivity contribution in [1.29, 1.82) is 0 Å². The summed E-state index contributed by atoms with van der Waals surface area (Å²) < 4.78 is 2.88. The van der Waals surface area contributed by atoms with Crippen molar-refractivity contribution in [3.05, 3.63) is 52.3 Å². The number of nitrogens with one attached hydrogen (secondary N) is 2. The van der Waals surface area contributed by atoms with E-state index in [1.54, 1.807) is 42.9 Å². The molecule has 2 aromatic heterocycles. The lowest BCUT2D eigenvalue weighted by atomic mass is 10.2. The molecule has 27 heavy (non-hydrogen) atoms. The van der Waals surface area contributed by atoms with Crippen LogP contribution in [0.4, 0.5) is 5.69 Å². The molecule has 2 amide bonds. The average molecular weight is 368 g/mol. The van der Waals surface area contributed by atoms with Gasteiger partial charge in [0, 0.05) is 7.05 Å². The number of carbonyl (C=O) groups excluding carboxylic acids is 2. The van der Waals surface area contributed by atoms with Gasteiger partial charge in [0.1, 0.15) is 6.54 Å². The predicted octanol–water partition coefficient (Wildman–Crippen LogP) is 0.502. The summed E-state index contributed by atoms with van der Waals surface area (Å²) in [5, 5.41) is 9.90. The number of benzene rings is 1. The van der Waals surface area contributed by atoms with Crippen molar-refractivity contribution in [1.82, 2.24) is 24.6 Å². The topological polar surface area (TPSA) is 111 Å². The minimum absolute atomic E-state index is 0.206. The molecule has 140 valence electrons. The minimum Gasteiger partial charge on any atom is -0.345 e. The predicted molar refractivity (Wildman–Crippen MR) is 100 cm³/mol. The maximum atomic E-state index is 12.4. The number of anilines is 1. The lowest BCUT2D eigenvalue weighted by molar-refractivity contribution is -0.124. The molecule has 9 nitrogen and oxygen atoms in total. The van der Waals surface area contributed by atoms with Gasteiger partial charge in [-0.25, -0.2) is 4.98 Å². The van der Waals surface area contributed by atoms with Gasteiger partial charge in [0.05, 0.1) is 40.9 Å². The van der Waals surface area contributed by atoms with Gasteiger partial charge in [-0.3, -0.25) is 23.6 Å². The fourth-order valence-electron chi connectivity index (χ4n) is 2.75. The van der Waals surface area contributed by atoms with E-state index in [9.17, 15) is 14.4 Å². The number of amides is 2. The van der Waals surface area contributed by atoms with Gasteiger partial charge in [0.2, 0.25) is 11.8 Å². The zero-order valence-corrected chi connectivity index (χ0v) is 15.3. The van der Waals surface area contributed by atoms with Gasteiger partial charge in [-0.2, -0.15) is 5.10 Å². The van der Waals surface area contributed by atoms with E-state index >= 15 is 0 Å². The zero-order valence-electron chi connectivity index (χ0n) is 15.3. The molecular formula is C18H20N6O3. The number of carbonyl (C=O) groups is 2. The van der Waals surface area contributed by atoms with Crippen LogP contribution >= 0.6 is 0 Å². The molecule has 0 radical (unpaired) electrons. The molecule has 3 rings (SSSR count). The highest BCUT2D eigenvalue weighted by molar-refractivity contribution is 5.95. The lowest BCUT2D eigenvalue weighted by Crippen LogP contribution is -2.37. The smallest absolute Gasteiger partial charge is 0.261 e. The fraction of sp³-hybridized carbons (Fsp3) is 0.278. The summed E-state index contributed by atoms with van der Waals surface area (Å²) in [5.41, 5.74) is 2.42. The number of hydrogen-bond donors (Lipinski definition) is 2. The number of nitrogens with zero attached hydrogens (tertiary/aromatic N) is 4. The maximum absolute atomic E-state index is 12.4. The second-order valence-corrected chi connectivity index (χ2v) is 6.19. The Labute approximate surface area is 155 Å². The van der Waals surface area contributed by atoms with Crippen molar-refractivity contribution < 1.29 is 9.59 Å². The summed E-state index contributed by atoms with van der Waals surface area (Å²) in [5.74, 6) is -0.824. The van der Waals surface area contributed by atoms with Crippen LogP contribution in [-0.2, 0) is 23.2 Å². The Morgan fingerprint density at radius 3 is 2.59 bits per heavy atom. The summed E-state index contributed by atoms with van der Waals surface area (Å²) in [6.45, 7) is 3.21. The van der Waals surface area contributed by atoms with E-state index in [1.165, 1.54) is 10.9 Å². The van der Waals surface area contributed by atoms with Crippen molar-refractivity contribution in [2.45, 2.75) is 20.4 Å². The fourth-order valence-corrected chi connectivity index (χ4v) is 2.75. The zero-order chi connectivity index (χ0) is 19.6. The monoisotopic (exact) mass is 368 g/mol. The first-order valence-electron chi connectivity index (χ1n) is 8.37. The number of rotatable bonds is 5. The number of fused-ring (bicyclic) bond motifs is 1. The molecule has 0 saturated carbocycles. The molecule has 9 heteroatoms. The van der Waals surface area contributed by atoms with E-state index in [0.717, 1.165) is 5.69 Å². The summed E-state index contributed by atoms with van der Waals surface area (Å²) in [6.07, 6.45) is 1.33. The van der Waals surface area contributed by atoms with Gasteiger partial charge in [-0.1, -0.05) is 12.1 Å². The van der Waals surface area contributed by atoms with E-state index in [2.05, 4.69) is 20.7 Å². The Bertz CT molecular complexity index is 1080. The molecule has 0 spiro atoms. The Morgan fingerprint density at radius 1 is 1.15 bits per heavy atom. The molecule has 0 aliphatic carbocycles. The number of para-hydroxylation sites is 1. The van der Waals surface area contributed by atoms with Crippen LogP contribution in [0.3, 0.4) is 0 Å². The molecule has 0 aliphatic heterocycles. The summed E-state index contributed by atoms with van der Waals surface area (Å²) in [4.78, 5) is 40.7. The van der Waals surface area contributed by atoms with Crippen molar-refractivity contribution >= 4 is 28.4 Å². The van der Waals surface area contributed by atoms with Crippen LogP contribution < -0.4 is 16.2 Å². The van der Waals surface area contributed by atoms with Gasteiger partial charge in [0.15, 0.2) is 0 Å². The minimum atomic E-state index is -0.455. The highest BCUT2D eigenvalue weighted by Gasteiger charge is 2.14. The largest absolute Gasteiger partial charge is 0.345 e. The van der Waals surface area contributed by atoms with Crippen LogP contribution in [0, 0.1) is 13.8 Å². The van der Waals surface area contributed by atoms with Crippen molar-refractivity contribution in [3.8, 4) is 0 Å². The molecule has 3 aromatic rings. The van der Waals surface area contributed by atoms with Crippen LogP contribution in [0.5, 0.6) is 0 Å². The van der Waals surface area contributed by atoms with Crippen LogP contribution in [0.1, 0.15) is 11.4 Å². The first-order valence-corrected chi connectivity index (χ1v) is 8.37. The van der Waals surface area contributed by atoms with E-state index in [4.69, 9.17) is 0 Å². The molecule has 0 atom stereocenters. The van der Waals surface area contributed by atoms with Gasteiger partial charge in [0.25, 0.3) is 5.56 Å². The normalized spacial score (nSPS) is 10.8. The Balaban J connectivity index is 1.61. The molecule has 0 bridgehead atoms. The molecular weight excluding hydrogens is 348 g/mol. The van der Waals surface area contributed by atoms with Crippen LogP contribution in [0.2, 0.25) is 0 Å². The first-order chi connectivity index (χ1) is 12.9. The van der Waals surface area contributed by atoms with Crippen molar-refractivity contribution in [3.63, 3.8) is 0 Å².